The Morgan fingerprint density at radius 3 is 2.37 bits per heavy atom. The molecule has 3 aliphatic rings. The molecule has 5 aromatic rings. The van der Waals surface area contributed by atoms with Gasteiger partial charge in [0.2, 0.25) is 12.5 Å². The van der Waals surface area contributed by atoms with Crippen molar-refractivity contribution < 1.29 is 42.8 Å². The molecule has 1 aliphatic carbocycles. The summed E-state index contributed by atoms with van der Waals surface area (Å²) in [5.74, 6) is -1.49. The molecular formula is C39H33NO9. The Morgan fingerprint density at radius 2 is 1.63 bits per heavy atom. The van der Waals surface area contributed by atoms with Gasteiger partial charge in [-0.2, -0.15) is 0 Å². The normalized spacial score (nSPS) is 18.8. The van der Waals surface area contributed by atoms with E-state index in [1.54, 1.807) is 18.3 Å². The quantitative estimate of drug-likeness (QED) is 0.0856. The molecule has 1 aromatic heterocycles. The number of esters is 2. The van der Waals surface area contributed by atoms with Gasteiger partial charge in [0.15, 0.2) is 23.0 Å². The number of aryl methyl sites for hydroxylation is 1. The molecule has 10 heteroatoms. The average molecular weight is 660 g/mol. The maximum Gasteiger partial charge on any atom is 0.385 e. The van der Waals surface area contributed by atoms with Crippen molar-refractivity contribution in [3.8, 4) is 28.7 Å². The van der Waals surface area contributed by atoms with Crippen molar-refractivity contribution in [3.05, 3.63) is 112 Å². The number of nitrogens with zero attached hydrogens (tertiary/aromatic N) is 1. The van der Waals surface area contributed by atoms with Crippen molar-refractivity contribution in [3.63, 3.8) is 0 Å². The lowest BCUT2D eigenvalue weighted by atomic mass is 9.67. The number of aromatic nitrogens is 1. The zero-order valence-electron chi connectivity index (χ0n) is 27.2. The van der Waals surface area contributed by atoms with Gasteiger partial charge in [-0.3, -0.25) is 9.59 Å². The highest BCUT2D eigenvalue weighted by molar-refractivity contribution is 6.43. The molecule has 0 amide bonds. The van der Waals surface area contributed by atoms with E-state index in [1.807, 2.05) is 72.2 Å². The van der Waals surface area contributed by atoms with Crippen LogP contribution in [-0.2, 0) is 27.3 Å². The molecule has 3 heterocycles. The maximum atomic E-state index is 13.8. The summed E-state index contributed by atoms with van der Waals surface area (Å²) in [6, 6.07) is 23.0. The van der Waals surface area contributed by atoms with Crippen LogP contribution >= 0.6 is 0 Å². The van der Waals surface area contributed by atoms with Gasteiger partial charge in [0, 0.05) is 35.5 Å². The van der Waals surface area contributed by atoms with Crippen molar-refractivity contribution in [2.24, 2.45) is 11.8 Å². The van der Waals surface area contributed by atoms with Gasteiger partial charge in [0.25, 0.3) is 5.78 Å². The summed E-state index contributed by atoms with van der Waals surface area (Å²) in [5, 5.41) is 0.646. The van der Waals surface area contributed by atoms with E-state index in [9.17, 15) is 14.4 Å². The Bertz CT molecular complexity index is 2130. The zero-order valence-corrected chi connectivity index (χ0v) is 27.2. The second-order valence-electron chi connectivity index (χ2n) is 12.7. The number of hydrogen-bond acceptors (Lipinski definition) is 9. The average Bonchev–Trinajstić information content (AvgIpc) is 3.83. The van der Waals surface area contributed by atoms with Crippen LogP contribution in [0.15, 0.2) is 79.0 Å². The molecule has 0 unspecified atom stereocenters. The molecule has 0 radical (unpaired) electrons. The number of benzene rings is 4. The number of carbonyl (C=O) groups excluding carboxylic acids is 3. The Balaban J connectivity index is 1.15. The van der Waals surface area contributed by atoms with Gasteiger partial charge in [-0.15, -0.1) is 0 Å². The van der Waals surface area contributed by atoms with E-state index in [4.69, 9.17) is 28.4 Å². The fraction of sp³-hybridized carbons (Fsp3) is 0.256. The number of hydrogen-bond donors (Lipinski definition) is 0. The van der Waals surface area contributed by atoms with E-state index in [1.165, 1.54) is 14.2 Å². The van der Waals surface area contributed by atoms with Crippen LogP contribution in [0.1, 0.15) is 44.1 Å². The fourth-order valence-electron chi connectivity index (χ4n) is 7.43. The topological polar surface area (TPSA) is 112 Å². The van der Waals surface area contributed by atoms with Gasteiger partial charge >= 0.3 is 11.9 Å². The van der Waals surface area contributed by atoms with E-state index in [2.05, 4.69) is 0 Å². The summed E-state index contributed by atoms with van der Waals surface area (Å²) < 4.78 is 36.1. The molecule has 8 rings (SSSR count). The predicted octanol–water partition coefficient (Wildman–Crippen LogP) is 6.01. The Morgan fingerprint density at radius 1 is 0.898 bits per heavy atom. The molecule has 1 fully saturated rings. The van der Waals surface area contributed by atoms with Gasteiger partial charge in [-0.25, -0.2) is 4.79 Å². The van der Waals surface area contributed by atoms with E-state index in [0.29, 0.717) is 42.0 Å². The van der Waals surface area contributed by atoms with Crippen LogP contribution in [0.3, 0.4) is 0 Å². The summed E-state index contributed by atoms with van der Waals surface area (Å²) in [5.41, 5.74) is 5.80. The van der Waals surface area contributed by atoms with Crippen LogP contribution in [0.25, 0.3) is 10.9 Å². The van der Waals surface area contributed by atoms with Crippen molar-refractivity contribution in [1.29, 1.82) is 0 Å². The van der Waals surface area contributed by atoms with Gasteiger partial charge in [-0.05, 0) is 71.5 Å². The second-order valence-corrected chi connectivity index (χ2v) is 12.7. The first-order chi connectivity index (χ1) is 23.8. The number of rotatable bonds is 8. The number of carbonyl (C=O) groups is 3. The third-order valence-electron chi connectivity index (χ3n) is 9.73. The molecular weight excluding hydrogens is 626 g/mol. The molecule has 1 saturated heterocycles. The summed E-state index contributed by atoms with van der Waals surface area (Å²) >= 11 is 0. The summed E-state index contributed by atoms with van der Waals surface area (Å²) in [7, 11) is 2.88. The van der Waals surface area contributed by atoms with Crippen LogP contribution in [0, 0.1) is 18.8 Å². The van der Waals surface area contributed by atoms with Crippen molar-refractivity contribution >= 4 is 28.6 Å². The molecule has 0 saturated carbocycles. The van der Waals surface area contributed by atoms with E-state index in [-0.39, 0.29) is 41.5 Å². The minimum Gasteiger partial charge on any atom is -0.493 e. The van der Waals surface area contributed by atoms with Gasteiger partial charge in [0.05, 0.1) is 32.3 Å². The van der Waals surface area contributed by atoms with E-state index >= 15 is 0 Å². The van der Waals surface area contributed by atoms with E-state index < -0.39 is 23.6 Å². The first-order valence-electron chi connectivity index (χ1n) is 16.1. The Kier molecular flexibility index (Phi) is 7.51. The van der Waals surface area contributed by atoms with Crippen molar-refractivity contribution in [1.82, 2.24) is 4.57 Å². The lowest BCUT2D eigenvalue weighted by Gasteiger charge is -2.34. The second kappa shape index (κ2) is 12.0. The molecule has 10 nitrogen and oxygen atoms in total. The molecule has 0 bridgehead atoms. The molecule has 3 atom stereocenters. The Hall–Kier alpha value is -5.77. The lowest BCUT2D eigenvalue weighted by molar-refractivity contribution is -0.141. The van der Waals surface area contributed by atoms with Crippen LogP contribution in [0.2, 0.25) is 0 Å². The minimum atomic E-state index is -1.08. The van der Waals surface area contributed by atoms with Crippen LogP contribution in [0.5, 0.6) is 28.7 Å². The summed E-state index contributed by atoms with van der Waals surface area (Å²) in [4.78, 5) is 40.5. The SMILES string of the molecule is COc1cc([C@@H]2c3cc4c(cc3C[C@H]3COC(=O)[C@@H]32)OCO4)cc(OC)c1OC(=O)C(=O)c1cn(Cc2ccccc2)c2cc(C)ccc12. The third kappa shape index (κ3) is 5.24. The highest BCUT2D eigenvalue weighted by atomic mass is 16.7. The standard InChI is InChI=1S/C39H33NO9/c1-21-9-10-26-28(18-40(29(26)11-21)17-22-7-5-4-6-8-22)36(41)39(43)49-37-32(44-2)14-24(15-33(37)45-3)34-27-16-31-30(47-20-48-31)13-23(27)12-25-19-46-38(42)35(25)34/h4-11,13-16,18,25,34-35H,12,17,19-20H2,1-3H3/t25-,34+,35-/m0/s1. The number of ketones is 1. The highest BCUT2D eigenvalue weighted by Crippen LogP contribution is 2.52. The summed E-state index contributed by atoms with van der Waals surface area (Å²) in [6.07, 6.45) is 2.35. The third-order valence-corrected chi connectivity index (χ3v) is 9.73. The molecule has 248 valence electrons. The first kappa shape index (κ1) is 30.6. The lowest BCUT2D eigenvalue weighted by Crippen LogP contribution is -2.31. The summed E-state index contributed by atoms with van der Waals surface area (Å²) in [6.45, 7) is 2.95. The molecule has 4 aromatic carbocycles. The fourth-order valence-corrected chi connectivity index (χ4v) is 7.43. The highest BCUT2D eigenvalue weighted by Gasteiger charge is 2.48. The predicted molar refractivity (Wildman–Crippen MR) is 178 cm³/mol. The van der Waals surface area contributed by atoms with E-state index in [0.717, 1.165) is 27.8 Å². The van der Waals surface area contributed by atoms with Gasteiger partial charge in [-0.1, -0.05) is 42.5 Å². The number of Topliss-reactive ketones (excluding diaryl/α,β-unsaturated/α-hetero) is 1. The Labute approximate surface area is 282 Å². The largest absolute Gasteiger partial charge is 0.493 e. The van der Waals surface area contributed by atoms with Crippen LogP contribution in [0.4, 0.5) is 0 Å². The minimum absolute atomic E-state index is 0.0368. The molecule has 49 heavy (non-hydrogen) atoms. The molecule has 2 aliphatic heterocycles. The zero-order chi connectivity index (χ0) is 33.8. The van der Waals surface area contributed by atoms with Crippen molar-refractivity contribution in [2.75, 3.05) is 27.6 Å². The number of methoxy groups -OCH3 is 2. The smallest absolute Gasteiger partial charge is 0.385 e. The number of fused-ring (bicyclic) bond motifs is 4. The number of ether oxygens (including phenoxy) is 6. The van der Waals surface area contributed by atoms with Gasteiger partial charge < -0.3 is 33.0 Å². The monoisotopic (exact) mass is 659 g/mol. The van der Waals surface area contributed by atoms with Gasteiger partial charge in [0.1, 0.15) is 0 Å². The maximum absolute atomic E-state index is 13.8. The van der Waals surface area contributed by atoms with Crippen molar-refractivity contribution in [2.45, 2.75) is 25.8 Å². The van der Waals surface area contributed by atoms with Crippen LogP contribution < -0.4 is 23.7 Å². The first-order valence-corrected chi connectivity index (χ1v) is 16.1. The number of cyclic esters (lactones) is 1. The molecule has 0 spiro atoms. The van der Waals surface area contributed by atoms with Crippen LogP contribution in [-0.4, -0.2) is 49.9 Å². The molecule has 0 N–H and O–H groups in total.